The maximum absolute atomic E-state index is 8.72. The van der Waals surface area contributed by atoms with E-state index in [1.54, 1.807) is 6.08 Å². The van der Waals surface area contributed by atoms with Crippen LogP contribution in [0.1, 0.15) is 6.42 Å². The Balaban J connectivity index is 3.34. The lowest BCUT2D eigenvalue weighted by Gasteiger charge is -2.11. The molecule has 0 atom stereocenters. The molecule has 0 aromatic carbocycles. The van der Waals surface area contributed by atoms with Gasteiger partial charge in [-0.1, -0.05) is 6.08 Å². The fourth-order valence-corrected chi connectivity index (χ4v) is 0.269. The van der Waals surface area contributed by atoms with Crippen molar-refractivity contribution in [3.63, 3.8) is 0 Å². The van der Waals surface area contributed by atoms with E-state index in [-0.39, 0.29) is 0 Å². The highest BCUT2D eigenvalue weighted by Gasteiger charge is 2.07. The van der Waals surface area contributed by atoms with E-state index in [1.807, 2.05) is 0 Å². The van der Waals surface area contributed by atoms with Gasteiger partial charge in [-0.15, -0.1) is 6.58 Å². The first kappa shape index (κ1) is 6.70. The van der Waals surface area contributed by atoms with Crippen LogP contribution >= 0.6 is 0 Å². The zero-order valence-electron chi connectivity index (χ0n) is 4.35. The first-order chi connectivity index (χ1) is 3.06. The van der Waals surface area contributed by atoms with Gasteiger partial charge in [-0.25, -0.2) is 0 Å². The molecule has 0 unspecified atom stereocenters. The highest BCUT2D eigenvalue weighted by atomic mass is 16.3. The Labute approximate surface area is 44.7 Å². The molecule has 0 heterocycles. The molecule has 1 N–H and O–H groups in total. The van der Waals surface area contributed by atoms with Gasteiger partial charge in [-0.05, 0) is 20.3 Å². The molecule has 0 amide bonds. The molecular formula is C6H10O. The van der Waals surface area contributed by atoms with Gasteiger partial charge in [0.05, 0.1) is 5.60 Å². The van der Waals surface area contributed by atoms with Crippen LogP contribution in [0, 0.1) is 13.8 Å². The summed E-state index contributed by atoms with van der Waals surface area (Å²) in [6, 6.07) is 0. The summed E-state index contributed by atoms with van der Waals surface area (Å²) in [7, 11) is 0. The summed E-state index contributed by atoms with van der Waals surface area (Å²) < 4.78 is 0. The highest BCUT2D eigenvalue weighted by molar-refractivity contribution is 4.90. The molecule has 0 bridgehead atoms. The summed E-state index contributed by atoms with van der Waals surface area (Å²) in [5.41, 5.74) is -1.07. The molecule has 0 saturated carbocycles. The van der Waals surface area contributed by atoms with Crippen LogP contribution < -0.4 is 0 Å². The zero-order valence-corrected chi connectivity index (χ0v) is 4.35. The number of aliphatic hydroxyl groups is 1. The molecule has 40 valence electrons. The number of hydrogen-bond donors (Lipinski definition) is 1. The quantitative estimate of drug-likeness (QED) is 0.510. The molecule has 0 aliphatic heterocycles. The minimum absolute atomic E-state index is 0.438. The Kier molecular flexibility index (Phi) is 2.03. The third-order valence-corrected chi connectivity index (χ3v) is 0.524. The van der Waals surface area contributed by atoms with E-state index in [9.17, 15) is 0 Å². The van der Waals surface area contributed by atoms with Crippen LogP contribution in [0.5, 0.6) is 0 Å². The lowest BCUT2D eigenvalue weighted by molar-refractivity contribution is 0.140. The van der Waals surface area contributed by atoms with Gasteiger partial charge in [0.25, 0.3) is 0 Å². The van der Waals surface area contributed by atoms with Crippen LogP contribution in [0.3, 0.4) is 0 Å². The summed E-state index contributed by atoms with van der Waals surface area (Å²) >= 11 is 0. The topological polar surface area (TPSA) is 20.2 Å². The Morgan fingerprint density at radius 1 is 1.57 bits per heavy atom. The second-order valence-electron chi connectivity index (χ2n) is 1.72. The van der Waals surface area contributed by atoms with Gasteiger partial charge in [0.1, 0.15) is 0 Å². The van der Waals surface area contributed by atoms with E-state index in [4.69, 9.17) is 5.11 Å². The maximum atomic E-state index is 8.72. The van der Waals surface area contributed by atoms with Crippen molar-refractivity contribution in [2.75, 3.05) is 0 Å². The van der Waals surface area contributed by atoms with Crippen molar-refractivity contribution in [3.05, 3.63) is 26.5 Å². The zero-order chi connectivity index (χ0) is 5.91. The van der Waals surface area contributed by atoms with E-state index in [1.165, 1.54) is 0 Å². The fraction of sp³-hybridized carbons (Fsp3) is 0.333. The fourth-order valence-electron chi connectivity index (χ4n) is 0.269. The number of rotatable bonds is 2. The molecule has 0 fully saturated rings. The standard InChI is InChI=1S/C6H10O/c1-4-5-6(2,3)7/h4,7H,1-3,5H2. The monoisotopic (exact) mass is 98.1 g/mol. The van der Waals surface area contributed by atoms with Gasteiger partial charge in [-0.3, -0.25) is 0 Å². The Morgan fingerprint density at radius 2 is 2.00 bits per heavy atom. The van der Waals surface area contributed by atoms with Gasteiger partial charge in [0, 0.05) is 0 Å². The minimum atomic E-state index is -1.07. The van der Waals surface area contributed by atoms with Crippen LogP contribution in [0.4, 0.5) is 0 Å². The Morgan fingerprint density at radius 3 is 2.00 bits per heavy atom. The van der Waals surface area contributed by atoms with Gasteiger partial charge >= 0.3 is 0 Å². The van der Waals surface area contributed by atoms with Crippen molar-refractivity contribution < 1.29 is 5.11 Å². The molecule has 1 nitrogen and oxygen atoms in total. The Hall–Kier alpha value is -0.300. The molecule has 0 aliphatic carbocycles. The lowest BCUT2D eigenvalue weighted by Crippen LogP contribution is -2.17. The van der Waals surface area contributed by atoms with Gasteiger partial charge < -0.3 is 5.11 Å². The van der Waals surface area contributed by atoms with Crippen LogP contribution in [-0.2, 0) is 0 Å². The third kappa shape index (κ3) is 5.70. The van der Waals surface area contributed by atoms with Crippen LogP contribution in [0.15, 0.2) is 12.7 Å². The molecule has 0 aromatic heterocycles. The van der Waals surface area contributed by atoms with E-state index >= 15 is 0 Å². The molecule has 0 aliphatic rings. The van der Waals surface area contributed by atoms with Crippen LogP contribution in [-0.4, -0.2) is 10.7 Å². The molecule has 0 rings (SSSR count). The third-order valence-electron chi connectivity index (χ3n) is 0.524. The summed E-state index contributed by atoms with van der Waals surface area (Å²) in [6.07, 6.45) is 2.02. The molecular weight excluding hydrogens is 88.1 g/mol. The van der Waals surface area contributed by atoms with Crippen molar-refractivity contribution in [1.82, 2.24) is 0 Å². The molecule has 7 heavy (non-hydrogen) atoms. The predicted molar refractivity (Wildman–Crippen MR) is 30.5 cm³/mol. The van der Waals surface area contributed by atoms with Crippen molar-refractivity contribution in [3.8, 4) is 0 Å². The summed E-state index contributed by atoms with van der Waals surface area (Å²) in [6.45, 7) is 10.1. The SMILES string of the molecule is [CH2]C([CH2])(O)CC=C. The van der Waals surface area contributed by atoms with Crippen molar-refractivity contribution in [1.29, 1.82) is 0 Å². The molecule has 2 radical (unpaired) electrons. The predicted octanol–water partition coefficient (Wildman–Crippen LogP) is 0.962. The van der Waals surface area contributed by atoms with E-state index in [2.05, 4.69) is 20.4 Å². The minimum Gasteiger partial charge on any atom is -0.390 e. The average Bonchev–Trinajstić information content (AvgIpc) is 1.30. The molecule has 0 aromatic rings. The van der Waals surface area contributed by atoms with E-state index < -0.39 is 5.60 Å². The van der Waals surface area contributed by atoms with Crippen molar-refractivity contribution in [2.24, 2.45) is 0 Å². The largest absolute Gasteiger partial charge is 0.390 e. The maximum Gasteiger partial charge on any atom is 0.0684 e. The first-order valence-corrected chi connectivity index (χ1v) is 2.10. The van der Waals surface area contributed by atoms with Crippen molar-refractivity contribution in [2.45, 2.75) is 12.0 Å². The Bertz CT molecular complexity index is 59.1. The van der Waals surface area contributed by atoms with Crippen LogP contribution in [0.2, 0.25) is 0 Å². The van der Waals surface area contributed by atoms with Gasteiger partial charge in [-0.2, -0.15) is 0 Å². The lowest BCUT2D eigenvalue weighted by atomic mass is 10.1. The van der Waals surface area contributed by atoms with Crippen LogP contribution in [0.25, 0.3) is 0 Å². The van der Waals surface area contributed by atoms with Crippen molar-refractivity contribution >= 4 is 0 Å². The smallest absolute Gasteiger partial charge is 0.0684 e. The summed E-state index contributed by atoms with van der Waals surface area (Å²) in [5, 5.41) is 8.72. The normalized spacial score (nSPS) is 11.3. The molecule has 1 heteroatoms. The number of hydrogen-bond acceptors (Lipinski definition) is 1. The summed E-state index contributed by atoms with van der Waals surface area (Å²) in [4.78, 5) is 0. The molecule has 0 saturated heterocycles. The molecule has 0 spiro atoms. The van der Waals surface area contributed by atoms with Gasteiger partial charge in [0.2, 0.25) is 0 Å². The highest BCUT2D eigenvalue weighted by Crippen LogP contribution is 2.04. The van der Waals surface area contributed by atoms with Gasteiger partial charge in [0.15, 0.2) is 0 Å². The van der Waals surface area contributed by atoms with E-state index in [0.717, 1.165) is 0 Å². The second kappa shape index (κ2) is 2.12. The average molecular weight is 98.1 g/mol. The van der Waals surface area contributed by atoms with E-state index in [0.29, 0.717) is 6.42 Å². The summed E-state index contributed by atoms with van der Waals surface area (Å²) in [5.74, 6) is 0. The first-order valence-electron chi connectivity index (χ1n) is 2.10. The second-order valence-corrected chi connectivity index (χ2v) is 1.72.